The van der Waals surface area contributed by atoms with E-state index < -0.39 is 11.8 Å². The van der Waals surface area contributed by atoms with Crippen LogP contribution in [0.15, 0.2) is 30.3 Å². The van der Waals surface area contributed by atoms with Crippen LogP contribution < -0.4 is 0 Å². The van der Waals surface area contributed by atoms with Crippen molar-refractivity contribution in [3.8, 4) is 11.4 Å². The third-order valence-corrected chi connectivity index (χ3v) is 2.37. The Morgan fingerprint density at radius 1 is 1.33 bits per heavy atom. The molecule has 0 bridgehead atoms. The number of ether oxygens (including phenoxy) is 1. The maximum atomic E-state index is 13.1. The summed E-state index contributed by atoms with van der Waals surface area (Å²) in [7, 11) is 1.24. The molecule has 0 aliphatic rings. The van der Waals surface area contributed by atoms with Gasteiger partial charge in [-0.1, -0.05) is 23.7 Å². The molecule has 1 heterocycles. The van der Waals surface area contributed by atoms with Crippen molar-refractivity contribution < 1.29 is 13.9 Å². The second kappa shape index (κ2) is 5.10. The third kappa shape index (κ3) is 2.62. The number of carbonyl (C=O) groups excluding carboxylic acids is 1. The molecule has 0 amide bonds. The van der Waals surface area contributed by atoms with E-state index in [0.717, 1.165) is 0 Å². The van der Waals surface area contributed by atoms with E-state index in [9.17, 15) is 9.18 Å². The van der Waals surface area contributed by atoms with Crippen molar-refractivity contribution in [2.75, 3.05) is 7.11 Å². The second-order valence-corrected chi connectivity index (χ2v) is 3.79. The Labute approximate surface area is 107 Å². The molecule has 2 rings (SSSR count). The molecule has 0 aliphatic heterocycles. The van der Waals surface area contributed by atoms with Crippen LogP contribution in [0.3, 0.4) is 0 Å². The molecular weight excluding hydrogens is 259 g/mol. The first-order valence-electron chi connectivity index (χ1n) is 4.99. The van der Waals surface area contributed by atoms with Crippen molar-refractivity contribution in [3.05, 3.63) is 47.0 Å². The van der Waals surface area contributed by atoms with Crippen molar-refractivity contribution in [2.24, 2.45) is 0 Å². The topological polar surface area (TPSA) is 52.1 Å². The van der Waals surface area contributed by atoms with E-state index in [2.05, 4.69) is 14.7 Å². The SMILES string of the molecule is COC(=O)c1cc(Cl)nc(-c2cccc(F)c2)n1. The Morgan fingerprint density at radius 3 is 2.78 bits per heavy atom. The van der Waals surface area contributed by atoms with Gasteiger partial charge in [-0.15, -0.1) is 0 Å². The molecule has 4 nitrogen and oxygen atoms in total. The first kappa shape index (κ1) is 12.4. The Morgan fingerprint density at radius 2 is 2.11 bits per heavy atom. The summed E-state index contributed by atoms with van der Waals surface area (Å²) in [5, 5.41) is 0.0876. The summed E-state index contributed by atoms with van der Waals surface area (Å²) in [4.78, 5) is 19.3. The lowest BCUT2D eigenvalue weighted by atomic mass is 10.2. The maximum Gasteiger partial charge on any atom is 0.356 e. The molecule has 0 saturated heterocycles. The van der Waals surface area contributed by atoms with Crippen LogP contribution in [0.25, 0.3) is 11.4 Å². The van der Waals surface area contributed by atoms with E-state index in [-0.39, 0.29) is 16.7 Å². The smallest absolute Gasteiger partial charge is 0.356 e. The van der Waals surface area contributed by atoms with Gasteiger partial charge in [0.25, 0.3) is 0 Å². The fourth-order valence-electron chi connectivity index (χ4n) is 1.38. The summed E-state index contributed by atoms with van der Waals surface area (Å²) in [5.74, 6) is -0.880. The lowest BCUT2D eigenvalue weighted by molar-refractivity contribution is 0.0594. The Balaban J connectivity index is 2.51. The highest BCUT2D eigenvalue weighted by Gasteiger charge is 2.12. The monoisotopic (exact) mass is 266 g/mol. The number of benzene rings is 1. The molecule has 92 valence electrons. The first-order chi connectivity index (χ1) is 8.60. The zero-order chi connectivity index (χ0) is 13.1. The number of esters is 1. The quantitative estimate of drug-likeness (QED) is 0.619. The van der Waals surface area contributed by atoms with Crippen LogP contribution >= 0.6 is 11.6 Å². The van der Waals surface area contributed by atoms with E-state index in [1.165, 1.54) is 31.4 Å². The van der Waals surface area contributed by atoms with Crippen molar-refractivity contribution in [3.63, 3.8) is 0 Å². The predicted octanol–water partition coefficient (Wildman–Crippen LogP) is 2.72. The molecule has 0 aliphatic carbocycles. The lowest BCUT2D eigenvalue weighted by Crippen LogP contribution is -2.06. The van der Waals surface area contributed by atoms with Crippen molar-refractivity contribution in [2.45, 2.75) is 0 Å². The number of aromatic nitrogens is 2. The standard InChI is InChI=1S/C12H8ClFN2O2/c1-18-12(17)9-6-10(13)16-11(15-9)7-3-2-4-8(14)5-7/h2-6H,1H3. The van der Waals surface area contributed by atoms with Gasteiger partial charge in [-0.25, -0.2) is 19.2 Å². The van der Waals surface area contributed by atoms with Gasteiger partial charge in [-0.05, 0) is 12.1 Å². The normalized spacial score (nSPS) is 10.2. The van der Waals surface area contributed by atoms with Gasteiger partial charge in [0.05, 0.1) is 7.11 Å². The summed E-state index contributed by atoms with van der Waals surface area (Å²) >= 11 is 5.79. The van der Waals surface area contributed by atoms with Gasteiger partial charge in [0.1, 0.15) is 11.0 Å². The van der Waals surface area contributed by atoms with Crippen molar-refractivity contribution >= 4 is 17.6 Å². The fraction of sp³-hybridized carbons (Fsp3) is 0.0833. The highest BCUT2D eigenvalue weighted by Crippen LogP contribution is 2.19. The number of carbonyl (C=O) groups is 1. The molecule has 0 atom stereocenters. The number of hydrogen-bond acceptors (Lipinski definition) is 4. The van der Waals surface area contributed by atoms with E-state index in [1.54, 1.807) is 6.07 Å². The minimum absolute atomic E-state index is 0.0248. The average Bonchev–Trinajstić information content (AvgIpc) is 2.37. The fourth-order valence-corrected chi connectivity index (χ4v) is 1.57. The molecule has 0 radical (unpaired) electrons. The van der Waals surface area contributed by atoms with Crippen LogP contribution in [0.5, 0.6) is 0 Å². The maximum absolute atomic E-state index is 13.1. The van der Waals surface area contributed by atoms with Gasteiger partial charge in [-0.3, -0.25) is 0 Å². The highest BCUT2D eigenvalue weighted by molar-refractivity contribution is 6.29. The van der Waals surface area contributed by atoms with E-state index in [0.29, 0.717) is 5.56 Å². The number of nitrogens with zero attached hydrogens (tertiary/aromatic N) is 2. The Bertz CT molecular complexity index is 604. The number of hydrogen-bond donors (Lipinski definition) is 0. The minimum Gasteiger partial charge on any atom is -0.464 e. The zero-order valence-corrected chi connectivity index (χ0v) is 10.1. The lowest BCUT2D eigenvalue weighted by Gasteiger charge is -2.04. The van der Waals surface area contributed by atoms with Gasteiger partial charge in [0.15, 0.2) is 11.5 Å². The number of rotatable bonds is 2. The Kier molecular flexibility index (Phi) is 3.53. The number of halogens is 2. The van der Waals surface area contributed by atoms with Crippen LogP contribution in [0, 0.1) is 5.82 Å². The van der Waals surface area contributed by atoms with E-state index in [4.69, 9.17) is 11.6 Å². The molecule has 0 fully saturated rings. The van der Waals surface area contributed by atoms with E-state index >= 15 is 0 Å². The summed E-state index contributed by atoms with van der Waals surface area (Å²) in [6, 6.07) is 6.99. The molecule has 0 saturated carbocycles. The molecule has 2 aromatic rings. The first-order valence-corrected chi connectivity index (χ1v) is 5.37. The summed E-state index contributed by atoms with van der Waals surface area (Å²) in [6.45, 7) is 0. The largest absolute Gasteiger partial charge is 0.464 e. The summed E-state index contributed by atoms with van der Waals surface area (Å²) in [6.07, 6.45) is 0. The van der Waals surface area contributed by atoms with Gasteiger partial charge in [0.2, 0.25) is 0 Å². The van der Waals surface area contributed by atoms with Crippen LogP contribution in [0.2, 0.25) is 5.15 Å². The van der Waals surface area contributed by atoms with E-state index in [1.807, 2.05) is 0 Å². The highest BCUT2D eigenvalue weighted by atomic mass is 35.5. The third-order valence-electron chi connectivity index (χ3n) is 2.17. The molecule has 1 aromatic carbocycles. The number of methoxy groups -OCH3 is 1. The summed E-state index contributed by atoms with van der Waals surface area (Å²) < 4.78 is 17.6. The average molecular weight is 267 g/mol. The molecule has 18 heavy (non-hydrogen) atoms. The van der Waals surface area contributed by atoms with Crippen LogP contribution in [-0.2, 0) is 4.74 Å². The molecule has 0 unspecified atom stereocenters. The summed E-state index contributed by atoms with van der Waals surface area (Å²) in [5.41, 5.74) is 0.458. The van der Waals surface area contributed by atoms with Gasteiger partial charge >= 0.3 is 5.97 Å². The molecule has 0 N–H and O–H groups in total. The van der Waals surface area contributed by atoms with Gasteiger partial charge < -0.3 is 4.74 Å². The van der Waals surface area contributed by atoms with Crippen LogP contribution in [0.1, 0.15) is 10.5 Å². The Hall–Kier alpha value is -2.01. The second-order valence-electron chi connectivity index (χ2n) is 3.40. The van der Waals surface area contributed by atoms with Crippen LogP contribution in [0.4, 0.5) is 4.39 Å². The predicted molar refractivity (Wildman–Crippen MR) is 63.8 cm³/mol. The van der Waals surface area contributed by atoms with Crippen molar-refractivity contribution in [1.29, 1.82) is 0 Å². The minimum atomic E-state index is -0.628. The molecule has 6 heteroatoms. The molecule has 0 spiro atoms. The molecule has 1 aromatic heterocycles. The molecular formula is C12H8ClFN2O2. The zero-order valence-electron chi connectivity index (χ0n) is 9.35. The van der Waals surface area contributed by atoms with Crippen molar-refractivity contribution in [1.82, 2.24) is 9.97 Å². The van der Waals surface area contributed by atoms with Gasteiger partial charge in [0, 0.05) is 11.6 Å². The van der Waals surface area contributed by atoms with Gasteiger partial charge in [-0.2, -0.15) is 0 Å². The van der Waals surface area contributed by atoms with Crippen LogP contribution in [-0.4, -0.2) is 23.0 Å².